The van der Waals surface area contributed by atoms with Crippen LogP contribution < -0.4 is 10.1 Å². The SMILES string of the molecule is CC(COc1cccc(F)c1)CC1CCNC1. The molecule has 1 aliphatic rings. The number of ether oxygens (including phenoxy) is 1. The van der Waals surface area contributed by atoms with E-state index in [4.69, 9.17) is 4.74 Å². The third kappa shape index (κ3) is 4.00. The van der Waals surface area contributed by atoms with Gasteiger partial charge in [0, 0.05) is 6.07 Å². The minimum absolute atomic E-state index is 0.241. The molecule has 2 atom stereocenters. The molecule has 0 saturated carbocycles. The molecule has 2 nitrogen and oxygen atoms in total. The molecule has 1 aromatic carbocycles. The fraction of sp³-hybridized carbons (Fsp3) is 0.571. The fourth-order valence-electron chi connectivity index (χ4n) is 2.35. The van der Waals surface area contributed by atoms with Crippen molar-refractivity contribution in [2.45, 2.75) is 19.8 Å². The molecule has 0 radical (unpaired) electrons. The third-order valence-electron chi connectivity index (χ3n) is 3.23. The first-order chi connectivity index (χ1) is 8.24. The summed E-state index contributed by atoms with van der Waals surface area (Å²) in [5, 5.41) is 3.37. The van der Waals surface area contributed by atoms with E-state index in [1.807, 2.05) is 0 Å². The molecule has 1 aliphatic heterocycles. The average molecular weight is 237 g/mol. The van der Waals surface area contributed by atoms with E-state index < -0.39 is 0 Å². The Bertz CT molecular complexity index is 350. The minimum Gasteiger partial charge on any atom is -0.493 e. The molecule has 0 aromatic heterocycles. The number of rotatable bonds is 5. The molecule has 2 rings (SSSR count). The van der Waals surface area contributed by atoms with Crippen LogP contribution in [-0.4, -0.2) is 19.7 Å². The molecule has 0 spiro atoms. The highest BCUT2D eigenvalue weighted by molar-refractivity contribution is 5.22. The second-order valence-corrected chi connectivity index (χ2v) is 4.97. The number of nitrogens with one attached hydrogen (secondary N) is 1. The summed E-state index contributed by atoms with van der Waals surface area (Å²) in [4.78, 5) is 0. The first-order valence-electron chi connectivity index (χ1n) is 6.33. The van der Waals surface area contributed by atoms with Gasteiger partial charge < -0.3 is 10.1 Å². The van der Waals surface area contributed by atoms with E-state index in [-0.39, 0.29) is 5.82 Å². The summed E-state index contributed by atoms with van der Waals surface area (Å²) in [6.45, 7) is 5.13. The van der Waals surface area contributed by atoms with Crippen molar-refractivity contribution in [3.63, 3.8) is 0 Å². The zero-order valence-corrected chi connectivity index (χ0v) is 10.3. The van der Waals surface area contributed by atoms with Gasteiger partial charge in [0.25, 0.3) is 0 Å². The number of halogens is 1. The zero-order valence-electron chi connectivity index (χ0n) is 10.3. The van der Waals surface area contributed by atoms with Gasteiger partial charge in [0.2, 0.25) is 0 Å². The molecule has 1 saturated heterocycles. The van der Waals surface area contributed by atoms with E-state index in [0.29, 0.717) is 18.3 Å². The lowest BCUT2D eigenvalue weighted by Crippen LogP contribution is -2.15. The van der Waals surface area contributed by atoms with E-state index in [0.717, 1.165) is 19.0 Å². The standard InChI is InChI=1S/C14H20FNO/c1-11(7-12-5-6-16-9-12)10-17-14-4-2-3-13(15)8-14/h2-4,8,11-12,16H,5-7,9-10H2,1H3. The fourth-order valence-corrected chi connectivity index (χ4v) is 2.35. The molecular weight excluding hydrogens is 217 g/mol. The normalized spacial score (nSPS) is 21.4. The Balaban J connectivity index is 1.73. The van der Waals surface area contributed by atoms with Crippen molar-refractivity contribution >= 4 is 0 Å². The Hall–Kier alpha value is -1.09. The van der Waals surface area contributed by atoms with Gasteiger partial charge in [-0.25, -0.2) is 4.39 Å². The molecule has 1 heterocycles. The van der Waals surface area contributed by atoms with Crippen LogP contribution in [0, 0.1) is 17.7 Å². The summed E-state index contributed by atoms with van der Waals surface area (Å²) in [6.07, 6.45) is 2.45. The summed E-state index contributed by atoms with van der Waals surface area (Å²) >= 11 is 0. The van der Waals surface area contributed by atoms with Crippen LogP contribution in [0.4, 0.5) is 4.39 Å². The molecule has 0 bridgehead atoms. The van der Waals surface area contributed by atoms with E-state index in [1.165, 1.54) is 25.0 Å². The Morgan fingerprint density at radius 1 is 1.53 bits per heavy atom. The van der Waals surface area contributed by atoms with E-state index in [2.05, 4.69) is 12.2 Å². The van der Waals surface area contributed by atoms with Gasteiger partial charge in [-0.3, -0.25) is 0 Å². The lowest BCUT2D eigenvalue weighted by Gasteiger charge is -2.16. The number of benzene rings is 1. The van der Waals surface area contributed by atoms with Gasteiger partial charge in [-0.2, -0.15) is 0 Å². The first kappa shape index (κ1) is 12.4. The van der Waals surface area contributed by atoms with E-state index in [1.54, 1.807) is 12.1 Å². The second-order valence-electron chi connectivity index (χ2n) is 4.97. The number of hydrogen-bond donors (Lipinski definition) is 1. The molecular formula is C14H20FNO. The summed E-state index contributed by atoms with van der Waals surface area (Å²) in [6, 6.07) is 6.34. The van der Waals surface area contributed by atoms with Crippen molar-refractivity contribution in [1.82, 2.24) is 5.32 Å². The summed E-state index contributed by atoms with van der Waals surface area (Å²) in [7, 11) is 0. The molecule has 94 valence electrons. The molecule has 17 heavy (non-hydrogen) atoms. The highest BCUT2D eigenvalue weighted by Gasteiger charge is 2.17. The lowest BCUT2D eigenvalue weighted by atomic mass is 9.96. The smallest absolute Gasteiger partial charge is 0.126 e. The van der Waals surface area contributed by atoms with Gasteiger partial charge in [0.05, 0.1) is 6.61 Å². The van der Waals surface area contributed by atoms with Gasteiger partial charge in [0.1, 0.15) is 11.6 Å². The van der Waals surface area contributed by atoms with Crippen LogP contribution in [0.1, 0.15) is 19.8 Å². The highest BCUT2D eigenvalue weighted by atomic mass is 19.1. The predicted octanol–water partition coefficient (Wildman–Crippen LogP) is 2.84. The maximum atomic E-state index is 12.9. The third-order valence-corrected chi connectivity index (χ3v) is 3.23. The molecule has 3 heteroatoms. The molecule has 0 amide bonds. The van der Waals surface area contributed by atoms with Crippen LogP contribution in [0.15, 0.2) is 24.3 Å². The van der Waals surface area contributed by atoms with Crippen molar-refractivity contribution in [2.24, 2.45) is 11.8 Å². The van der Waals surface area contributed by atoms with Crippen LogP contribution in [0.2, 0.25) is 0 Å². The minimum atomic E-state index is -0.241. The Labute approximate surface area is 102 Å². The molecule has 2 unspecified atom stereocenters. The van der Waals surface area contributed by atoms with Gasteiger partial charge in [-0.1, -0.05) is 13.0 Å². The van der Waals surface area contributed by atoms with Crippen LogP contribution in [0.25, 0.3) is 0 Å². The van der Waals surface area contributed by atoms with Gasteiger partial charge >= 0.3 is 0 Å². The van der Waals surface area contributed by atoms with Crippen LogP contribution in [-0.2, 0) is 0 Å². The highest BCUT2D eigenvalue weighted by Crippen LogP contribution is 2.20. The monoisotopic (exact) mass is 237 g/mol. The summed E-state index contributed by atoms with van der Waals surface area (Å²) < 4.78 is 18.5. The van der Waals surface area contributed by atoms with Crippen LogP contribution >= 0.6 is 0 Å². The largest absolute Gasteiger partial charge is 0.493 e. The summed E-state index contributed by atoms with van der Waals surface area (Å²) in [5.74, 6) is 1.68. The first-order valence-corrected chi connectivity index (χ1v) is 6.33. The average Bonchev–Trinajstić information content (AvgIpc) is 2.79. The number of hydrogen-bond acceptors (Lipinski definition) is 2. The lowest BCUT2D eigenvalue weighted by molar-refractivity contribution is 0.234. The molecule has 0 aliphatic carbocycles. The van der Waals surface area contributed by atoms with Crippen molar-refractivity contribution in [2.75, 3.05) is 19.7 Å². The maximum absolute atomic E-state index is 12.9. The van der Waals surface area contributed by atoms with Crippen LogP contribution in [0.3, 0.4) is 0 Å². The quantitative estimate of drug-likeness (QED) is 0.850. The second kappa shape index (κ2) is 6.01. The van der Waals surface area contributed by atoms with Crippen molar-refractivity contribution < 1.29 is 9.13 Å². The zero-order chi connectivity index (χ0) is 12.1. The van der Waals surface area contributed by atoms with Crippen molar-refractivity contribution in [3.05, 3.63) is 30.1 Å². The molecule has 1 fully saturated rings. The predicted molar refractivity (Wildman–Crippen MR) is 66.7 cm³/mol. The van der Waals surface area contributed by atoms with Gasteiger partial charge in [0.15, 0.2) is 0 Å². The Kier molecular flexibility index (Phi) is 4.37. The molecule has 1 aromatic rings. The Morgan fingerprint density at radius 2 is 2.41 bits per heavy atom. The van der Waals surface area contributed by atoms with Crippen molar-refractivity contribution in [3.8, 4) is 5.75 Å². The maximum Gasteiger partial charge on any atom is 0.126 e. The van der Waals surface area contributed by atoms with Gasteiger partial charge in [-0.05, 0) is 49.9 Å². The summed E-state index contributed by atoms with van der Waals surface area (Å²) in [5.41, 5.74) is 0. The van der Waals surface area contributed by atoms with Gasteiger partial charge in [-0.15, -0.1) is 0 Å². The van der Waals surface area contributed by atoms with Crippen LogP contribution in [0.5, 0.6) is 5.75 Å². The van der Waals surface area contributed by atoms with E-state index >= 15 is 0 Å². The topological polar surface area (TPSA) is 21.3 Å². The Morgan fingerprint density at radius 3 is 3.12 bits per heavy atom. The van der Waals surface area contributed by atoms with Crippen molar-refractivity contribution in [1.29, 1.82) is 0 Å². The molecule has 1 N–H and O–H groups in total. The van der Waals surface area contributed by atoms with E-state index in [9.17, 15) is 4.39 Å².